The minimum Gasteiger partial charge on any atom is -0.360 e. The third-order valence-corrected chi connectivity index (χ3v) is 6.59. The van der Waals surface area contributed by atoms with Crippen molar-refractivity contribution in [2.75, 3.05) is 5.32 Å². The first kappa shape index (κ1) is 20.2. The van der Waals surface area contributed by atoms with Gasteiger partial charge in [0.1, 0.15) is 10.6 Å². The van der Waals surface area contributed by atoms with Crippen LogP contribution in [0, 0.1) is 20.8 Å². The second-order valence-corrected chi connectivity index (χ2v) is 9.03. The van der Waals surface area contributed by atoms with E-state index in [0.29, 0.717) is 5.69 Å². The van der Waals surface area contributed by atoms with Crippen LogP contribution in [0.15, 0.2) is 39.1 Å². The number of rotatable bonds is 6. The normalized spacial score (nSPS) is 12.7. The summed E-state index contributed by atoms with van der Waals surface area (Å²) >= 11 is 1.57. The third-order valence-electron chi connectivity index (χ3n) is 4.03. The topological polar surface area (TPSA) is 114 Å². The van der Waals surface area contributed by atoms with Crippen molar-refractivity contribution in [1.29, 1.82) is 0 Å². The van der Waals surface area contributed by atoms with E-state index in [2.05, 4.69) is 20.2 Å². The van der Waals surface area contributed by atoms with Crippen molar-refractivity contribution in [2.24, 2.45) is 0 Å². The van der Waals surface area contributed by atoms with E-state index in [1.165, 1.54) is 20.8 Å². The minimum atomic E-state index is -3.93. The Balaban J connectivity index is 1.67. The van der Waals surface area contributed by atoms with Gasteiger partial charge in [0.2, 0.25) is 15.9 Å². The Labute approximate surface area is 167 Å². The quantitative estimate of drug-likeness (QED) is 0.633. The van der Waals surface area contributed by atoms with Gasteiger partial charge >= 0.3 is 0 Å². The summed E-state index contributed by atoms with van der Waals surface area (Å²) < 4.78 is 32.3. The highest BCUT2D eigenvalue weighted by molar-refractivity contribution is 7.89. The maximum atomic E-state index is 12.5. The Morgan fingerprint density at radius 1 is 1.18 bits per heavy atom. The molecule has 3 aromatic rings. The van der Waals surface area contributed by atoms with Crippen LogP contribution in [0.3, 0.4) is 0 Å². The Hall–Kier alpha value is -2.56. The molecule has 0 aliphatic heterocycles. The average Bonchev–Trinajstić information content (AvgIpc) is 3.20. The van der Waals surface area contributed by atoms with Crippen LogP contribution in [0.5, 0.6) is 0 Å². The maximum Gasteiger partial charge on any atom is 0.246 e. The van der Waals surface area contributed by atoms with Crippen LogP contribution in [0.1, 0.15) is 23.4 Å². The van der Waals surface area contributed by atoms with E-state index in [-0.39, 0.29) is 16.3 Å². The number of hydrogen-bond acceptors (Lipinski definition) is 7. The van der Waals surface area contributed by atoms with Crippen molar-refractivity contribution < 1.29 is 17.7 Å². The number of aryl methyl sites for hydroxylation is 3. The summed E-state index contributed by atoms with van der Waals surface area (Å²) in [5, 5.41) is 9.28. The summed E-state index contributed by atoms with van der Waals surface area (Å²) in [6, 6.07) is 6.21. The van der Waals surface area contributed by atoms with Crippen LogP contribution in [-0.4, -0.2) is 30.5 Å². The van der Waals surface area contributed by atoms with Crippen molar-refractivity contribution >= 4 is 33.0 Å². The van der Waals surface area contributed by atoms with Crippen molar-refractivity contribution in [1.82, 2.24) is 14.9 Å². The van der Waals surface area contributed by atoms with Gasteiger partial charge in [-0.1, -0.05) is 17.3 Å². The summed E-state index contributed by atoms with van der Waals surface area (Å²) in [6.45, 7) is 6.44. The lowest BCUT2D eigenvalue weighted by atomic mass is 10.1. The standard InChI is InChI=1S/C18H20N4O4S2/c1-10-17(12(3)26-21-10)28(24,25)22-11(2)18(23)20-15-7-5-14(6-8-15)16-9-27-13(4)19-16/h5-9,11,22H,1-4H3,(H,20,23)/t11-/m0/s1. The van der Waals surface area contributed by atoms with Gasteiger partial charge in [-0.3, -0.25) is 4.79 Å². The number of thiazole rings is 1. The van der Waals surface area contributed by atoms with E-state index in [9.17, 15) is 13.2 Å². The predicted molar refractivity (Wildman–Crippen MR) is 107 cm³/mol. The monoisotopic (exact) mass is 420 g/mol. The highest BCUT2D eigenvalue weighted by Gasteiger charge is 2.28. The number of carbonyl (C=O) groups excluding carboxylic acids is 1. The Bertz CT molecular complexity index is 1080. The van der Waals surface area contributed by atoms with Crippen LogP contribution in [0.2, 0.25) is 0 Å². The molecule has 148 valence electrons. The fourth-order valence-corrected chi connectivity index (χ4v) is 4.83. The van der Waals surface area contributed by atoms with E-state index in [1.54, 1.807) is 23.5 Å². The number of hydrogen-bond donors (Lipinski definition) is 2. The second-order valence-electron chi connectivity index (χ2n) is 6.31. The molecule has 10 heteroatoms. The molecule has 2 aromatic heterocycles. The first-order chi connectivity index (χ1) is 13.2. The van der Waals surface area contributed by atoms with Gasteiger partial charge in [-0.05, 0) is 39.8 Å². The number of nitrogens with one attached hydrogen (secondary N) is 2. The van der Waals surface area contributed by atoms with E-state index < -0.39 is 22.0 Å². The molecule has 1 atom stereocenters. The number of sulfonamides is 1. The molecule has 2 heterocycles. The smallest absolute Gasteiger partial charge is 0.246 e. The third kappa shape index (κ3) is 4.29. The Kier molecular flexibility index (Phi) is 5.64. The van der Waals surface area contributed by atoms with E-state index in [4.69, 9.17) is 4.52 Å². The van der Waals surface area contributed by atoms with Gasteiger partial charge in [-0.2, -0.15) is 4.72 Å². The van der Waals surface area contributed by atoms with Crippen molar-refractivity contribution in [3.63, 3.8) is 0 Å². The fourth-order valence-electron chi connectivity index (χ4n) is 2.67. The molecule has 1 amide bonds. The lowest BCUT2D eigenvalue weighted by Gasteiger charge is -2.14. The molecule has 0 aliphatic rings. The molecule has 0 saturated carbocycles. The molecule has 1 aromatic carbocycles. The van der Waals surface area contributed by atoms with Gasteiger partial charge in [0, 0.05) is 16.6 Å². The molecule has 0 saturated heterocycles. The predicted octanol–water partition coefficient (Wildman–Crippen LogP) is 3.03. The van der Waals surface area contributed by atoms with Gasteiger partial charge in [-0.25, -0.2) is 13.4 Å². The van der Waals surface area contributed by atoms with E-state index in [1.807, 2.05) is 24.4 Å². The van der Waals surface area contributed by atoms with Crippen LogP contribution in [0.25, 0.3) is 11.3 Å². The summed E-state index contributed by atoms with van der Waals surface area (Å²) in [6.07, 6.45) is 0. The highest BCUT2D eigenvalue weighted by atomic mass is 32.2. The number of benzene rings is 1. The first-order valence-corrected chi connectivity index (χ1v) is 10.8. The molecule has 28 heavy (non-hydrogen) atoms. The lowest BCUT2D eigenvalue weighted by molar-refractivity contribution is -0.117. The van der Waals surface area contributed by atoms with Crippen LogP contribution >= 0.6 is 11.3 Å². The molecule has 3 rings (SSSR count). The molecular weight excluding hydrogens is 400 g/mol. The van der Waals surface area contributed by atoms with Gasteiger partial charge in [0.05, 0.1) is 16.7 Å². The lowest BCUT2D eigenvalue weighted by Crippen LogP contribution is -2.41. The maximum absolute atomic E-state index is 12.5. The molecule has 0 spiro atoms. The number of anilines is 1. The summed E-state index contributed by atoms with van der Waals surface area (Å²) in [4.78, 5) is 16.8. The molecule has 8 nitrogen and oxygen atoms in total. The van der Waals surface area contributed by atoms with Crippen molar-refractivity contribution in [3.8, 4) is 11.3 Å². The zero-order valence-corrected chi connectivity index (χ0v) is 17.4. The number of nitrogens with zero attached hydrogens (tertiary/aromatic N) is 2. The second kappa shape index (κ2) is 7.82. The Morgan fingerprint density at radius 2 is 1.86 bits per heavy atom. The van der Waals surface area contributed by atoms with Gasteiger partial charge in [-0.15, -0.1) is 11.3 Å². The molecule has 0 bridgehead atoms. The minimum absolute atomic E-state index is 0.0462. The fraction of sp³-hybridized carbons (Fsp3) is 0.278. The molecule has 0 fully saturated rings. The van der Waals surface area contributed by atoms with Gasteiger partial charge in [0.25, 0.3) is 0 Å². The molecule has 2 N–H and O–H groups in total. The van der Waals surface area contributed by atoms with E-state index in [0.717, 1.165) is 16.3 Å². The largest absolute Gasteiger partial charge is 0.360 e. The van der Waals surface area contributed by atoms with Crippen molar-refractivity contribution in [2.45, 2.75) is 38.6 Å². The number of amides is 1. The zero-order valence-electron chi connectivity index (χ0n) is 15.8. The highest BCUT2D eigenvalue weighted by Crippen LogP contribution is 2.23. The van der Waals surface area contributed by atoms with Crippen LogP contribution in [0.4, 0.5) is 5.69 Å². The zero-order chi connectivity index (χ0) is 20.5. The summed E-state index contributed by atoms with van der Waals surface area (Å²) in [7, 11) is -3.93. The number of aromatic nitrogens is 2. The summed E-state index contributed by atoms with van der Waals surface area (Å²) in [5.41, 5.74) is 2.62. The Morgan fingerprint density at radius 3 is 2.39 bits per heavy atom. The number of carbonyl (C=O) groups is 1. The molecule has 0 radical (unpaired) electrons. The van der Waals surface area contributed by atoms with Crippen molar-refractivity contribution in [3.05, 3.63) is 46.1 Å². The molecule has 0 aliphatic carbocycles. The average molecular weight is 421 g/mol. The van der Waals surface area contributed by atoms with Gasteiger partial charge in [0.15, 0.2) is 5.76 Å². The summed E-state index contributed by atoms with van der Waals surface area (Å²) in [5.74, 6) is -0.307. The first-order valence-electron chi connectivity index (χ1n) is 8.46. The SMILES string of the molecule is Cc1nc(-c2ccc(NC(=O)[C@H](C)NS(=O)(=O)c3c(C)noc3C)cc2)cs1. The van der Waals surface area contributed by atoms with Crippen LogP contribution < -0.4 is 10.0 Å². The van der Waals surface area contributed by atoms with E-state index >= 15 is 0 Å². The van der Waals surface area contributed by atoms with Gasteiger partial charge < -0.3 is 9.84 Å². The molecular formula is C18H20N4O4S2. The van der Waals surface area contributed by atoms with Crippen LogP contribution in [-0.2, 0) is 14.8 Å². The molecule has 0 unspecified atom stereocenters.